The van der Waals surface area contributed by atoms with Gasteiger partial charge in [0.1, 0.15) is 0 Å². The van der Waals surface area contributed by atoms with Gasteiger partial charge in [0.05, 0.1) is 5.54 Å². The van der Waals surface area contributed by atoms with Crippen LogP contribution in [0.5, 0.6) is 0 Å². The van der Waals surface area contributed by atoms with E-state index in [4.69, 9.17) is 10.7 Å². The van der Waals surface area contributed by atoms with Crippen LogP contribution in [0.3, 0.4) is 0 Å². The van der Waals surface area contributed by atoms with Gasteiger partial charge in [0.2, 0.25) is 0 Å². The van der Waals surface area contributed by atoms with E-state index in [-0.39, 0.29) is 5.54 Å². The minimum atomic E-state index is -0.0523. The number of aromatic nitrogens is 1. The van der Waals surface area contributed by atoms with Gasteiger partial charge >= 0.3 is 0 Å². The summed E-state index contributed by atoms with van der Waals surface area (Å²) in [7, 11) is 0. The lowest BCUT2D eigenvalue weighted by atomic mass is 9.89. The van der Waals surface area contributed by atoms with E-state index in [1.54, 1.807) is 0 Å². The summed E-state index contributed by atoms with van der Waals surface area (Å²) >= 11 is 0. The number of aryl methyl sites for hydroxylation is 1. The molecule has 1 aromatic heterocycles. The van der Waals surface area contributed by atoms with Gasteiger partial charge in [0.15, 0.2) is 0 Å². The van der Waals surface area contributed by atoms with Crippen molar-refractivity contribution >= 4 is 11.3 Å². The third kappa shape index (κ3) is 8.37. The second kappa shape index (κ2) is 13.7. The van der Waals surface area contributed by atoms with E-state index < -0.39 is 0 Å². The Balaban J connectivity index is 1.46. The molecule has 2 unspecified atom stereocenters. The van der Waals surface area contributed by atoms with Crippen molar-refractivity contribution in [1.29, 1.82) is 0 Å². The van der Waals surface area contributed by atoms with Crippen molar-refractivity contribution in [3.05, 3.63) is 84.5 Å². The summed E-state index contributed by atoms with van der Waals surface area (Å²) < 4.78 is 0. The highest BCUT2D eigenvalue weighted by Gasteiger charge is 2.36. The molecule has 1 fully saturated rings. The van der Waals surface area contributed by atoms with Gasteiger partial charge in [-0.15, -0.1) is 0 Å². The van der Waals surface area contributed by atoms with E-state index in [0.717, 1.165) is 57.7 Å². The topological polar surface area (TPSA) is 57.8 Å². The van der Waals surface area contributed by atoms with Gasteiger partial charge in [-0.1, -0.05) is 50.0 Å². The van der Waals surface area contributed by atoms with Crippen molar-refractivity contribution in [2.75, 3.05) is 32.7 Å². The van der Waals surface area contributed by atoms with Gasteiger partial charge in [-0.05, 0) is 69.2 Å². The second-order valence-corrected chi connectivity index (χ2v) is 11.2. The van der Waals surface area contributed by atoms with Crippen LogP contribution < -0.4 is 5.73 Å². The lowest BCUT2D eigenvalue weighted by Crippen LogP contribution is -2.58. The van der Waals surface area contributed by atoms with Crippen molar-refractivity contribution in [3.63, 3.8) is 0 Å². The Morgan fingerprint density at radius 3 is 2.54 bits per heavy atom. The van der Waals surface area contributed by atoms with E-state index in [2.05, 4.69) is 73.4 Å². The average Bonchev–Trinajstić information content (AvgIpc) is 3.37. The van der Waals surface area contributed by atoms with Crippen molar-refractivity contribution in [3.8, 4) is 0 Å². The Kier molecular flexibility index (Phi) is 10.7. The molecule has 2 N–H and O–H groups in total. The summed E-state index contributed by atoms with van der Waals surface area (Å²) in [6.07, 6.45) is 21.3. The van der Waals surface area contributed by atoms with Gasteiger partial charge in [0, 0.05) is 75.1 Å². The molecule has 3 heterocycles. The summed E-state index contributed by atoms with van der Waals surface area (Å²) in [4.78, 5) is 14.5. The van der Waals surface area contributed by atoms with E-state index in [1.807, 2.05) is 43.7 Å². The molecule has 0 saturated carbocycles. The molecule has 0 amide bonds. The first kappa shape index (κ1) is 28.8. The Morgan fingerprint density at radius 1 is 1.14 bits per heavy atom. The first-order valence-corrected chi connectivity index (χ1v) is 13.7. The number of hydrogen-bond donors (Lipinski definition) is 1. The molecule has 3 rings (SSSR count). The molecule has 5 heteroatoms. The lowest BCUT2D eigenvalue weighted by Gasteiger charge is -2.45. The molecule has 0 spiro atoms. The van der Waals surface area contributed by atoms with Crippen LogP contribution in [0, 0.1) is 18.8 Å². The number of allylic oxidation sites excluding steroid dienone is 8. The second-order valence-electron chi connectivity index (χ2n) is 11.2. The molecule has 0 aromatic carbocycles. The summed E-state index contributed by atoms with van der Waals surface area (Å²) in [5, 5.41) is 0. The Labute approximate surface area is 225 Å². The number of piperazine rings is 1. The minimum Gasteiger partial charge on any atom is -0.402 e. The zero-order valence-electron chi connectivity index (χ0n) is 23.7. The maximum atomic E-state index is 6.16. The van der Waals surface area contributed by atoms with Gasteiger partial charge in [0.25, 0.3) is 0 Å². The SMILES string of the molecule is C=C(N)C(CC=C/C=C\C=C/C)CC(C)CN1CCN(C(C)(C)C2=NC=C(c3cncc(C)c3)C2)CC1. The van der Waals surface area contributed by atoms with Crippen molar-refractivity contribution < 1.29 is 0 Å². The Bertz CT molecular complexity index is 1050. The molecular weight excluding hydrogens is 454 g/mol. The minimum absolute atomic E-state index is 0.0523. The molecule has 5 nitrogen and oxygen atoms in total. The molecule has 2 aliphatic rings. The molecule has 1 saturated heterocycles. The average molecular weight is 502 g/mol. The fraction of sp³-hybridized carbons (Fsp3) is 0.500. The van der Waals surface area contributed by atoms with Crippen molar-refractivity contribution in [2.24, 2.45) is 22.6 Å². The molecule has 0 radical (unpaired) electrons. The normalized spacial score (nSPS) is 19.6. The smallest absolute Gasteiger partial charge is 0.0541 e. The highest BCUT2D eigenvalue weighted by Crippen LogP contribution is 2.31. The Morgan fingerprint density at radius 2 is 1.86 bits per heavy atom. The summed E-state index contributed by atoms with van der Waals surface area (Å²) in [6, 6.07) is 2.20. The molecule has 200 valence electrons. The van der Waals surface area contributed by atoms with Gasteiger partial charge in [-0.3, -0.25) is 14.9 Å². The van der Waals surface area contributed by atoms with Gasteiger partial charge in [-0.25, -0.2) is 0 Å². The number of nitrogens with zero attached hydrogens (tertiary/aromatic N) is 4. The fourth-order valence-corrected chi connectivity index (χ4v) is 5.34. The third-order valence-corrected chi connectivity index (χ3v) is 7.71. The van der Waals surface area contributed by atoms with Crippen LogP contribution in [0.25, 0.3) is 5.57 Å². The van der Waals surface area contributed by atoms with Crippen molar-refractivity contribution in [1.82, 2.24) is 14.8 Å². The van der Waals surface area contributed by atoms with Crippen LogP contribution in [0.1, 0.15) is 58.1 Å². The summed E-state index contributed by atoms with van der Waals surface area (Å²) in [5.41, 5.74) is 11.8. The lowest BCUT2D eigenvalue weighted by molar-refractivity contribution is 0.0755. The highest BCUT2D eigenvalue weighted by molar-refractivity contribution is 6.03. The van der Waals surface area contributed by atoms with Crippen LogP contribution in [0.15, 0.2) is 78.4 Å². The Hall–Kier alpha value is -2.76. The molecule has 1 aromatic rings. The van der Waals surface area contributed by atoms with Crippen LogP contribution in [0.4, 0.5) is 0 Å². The molecule has 0 bridgehead atoms. The molecular formula is C32H47N5. The van der Waals surface area contributed by atoms with Gasteiger partial charge < -0.3 is 10.6 Å². The number of aliphatic imine (C=N–C) groups is 1. The van der Waals surface area contributed by atoms with E-state index in [0.29, 0.717) is 11.8 Å². The van der Waals surface area contributed by atoms with Crippen molar-refractivity contribution in [2.45, 2.75) is 59.4 Å². The predicted octanol–water partition coefficient (Wildman–Crippen LogP) is 6.17. The molecule has 2 aliphatic heterocycles. The number of pyridine rings is 1. The molecule has 2 atom stereocenters. The summed E-state index contributed by atoms with van der Waals surface area (Å²) in [6.45, 7) is 20.6. The van der Waals surface area contributed by atoms with Crippen LogP contribution >= 0.6 is 0 Å². The fourth-order valence-electron chi connectivity index (χ4n) is 5.34. The maximum Gasteiger partial charge on any atom is 0.0541 e. The van der Waals surface area contributed by atoms with E-state index in [1.165, 1.54) is 22.4 Å². The predicted molar refractivity (Wildman–Crippen MR) is 159 cm³/mol. The number of rotatable bonds is 12. The first-order valence-electron chi connectivity index (χ1n) is 13.7. The zero-order chi connectivity index (χ0) is 26.8. The maximum absolute atomic E-state index is 6.16. The highest BCUT2D eigenvalue weighted by atomic mass is 15.3. The van der Waals surface area contributed by atoms with Crippen LogP contribution in [-0.4, -0.2) is 58.8 Å². The number of hydrogen-bond acceptors (Lipinski definition) is 5. The van der Waals surface area contributed by atoms with Crippen LogP contribution in [-0.2, 0) is 0 Å². The zero-order valence-corrected chi connectivity index (χ0v) is 23.7. The van der Waals surface area contributed by atoms with E-state index >= 15 is 0 Å². The number of nitrogens with two attached hydrogens (primary N) is 1. The monoisotopic (exact) mass is 501 g/mol. The molecule has 0 aliphatic carbocycles. The van der Waals surface area contributed by atoms with Crippen LogP contribution in [0.2, 0.25) is 0 Å². The largest absolute Gasteiger partial charge is 0.402 e. The standard InChI is InChI=1S/C32H47N5/c1-7-8-9-10-11-12-13-28(27(4)33)19-26(3)24-36-14-16-37(17-15-36)32(5,6)31-20-30(23-35-31)29-18-25(2)21-34-22-29/h7-12,18,21-23,26,28H,4,13-17,19-20,24,33H2,1-3,5-6H3/b8-7-,10-9-,12-11?. The van der Waals surface area contributed by atoms with E-state index in [9.17, 15) is 0 Å². The third-order valence-electron chi connectivity index (χ3n) is 7.71. The summed E-state index contributed by atoms with van der Waals surface area (Å²) in [5.74, 6) is 0.901. The van der Waals surface area contributed by atoms with Gasteiger partial charge in [-0.2, -0.15) is 0 Å². The molecule has 37 heavy (non-hydrogen) atoms. The first-order chi connectivity index (χ1) is 17.7. The quantitative estimate of drug-likeness (QED) is 0.348.